The van der Waals surface area contributed by atoms with Crippen molar-refractivity contribution in [2.24, 2.45) is 11.3 Å². The normalized spacial score (nSPS) is 28.4. The summed E-state index contributed by atoms with van der Waals surface area (Å²) in [6.07, 6.45) is 8.15. The van der Waals surface area contributed by atoms with Crippen LogP contribution in [0.5, 0.6) is 0 Å². The SMILES string of the molecule is CCC1=CC(C)C(C)(C)C=C1. The summed E-state index contributed by atoms with van der Waals surface area (Å²) >= 11 is 0. The predicted molar refractivity (Wildman–Crippen MR) is 50.5 cm³/mol. The molecule has 0 heteroatoms. The highest BCUT2D eigenvalue weighted by Crippen LogP contribution is 2.34. The van der Waals surface area contributed by atoms with Gasteiger partial charge in [-0.3, -0.25) is 0 Å². The molecule has 0 aromatic heterocycles. The zero-order valence-corrected chi connectivity index (χ0v) is 8.02. The molecule has 0 bridgehead atoms. The Balaban J connectivity index is 2.80. The molecule has 0 saturated heterocycles. The lowest BCUT2D eigenvalue weighted by molar-refractivity contribution is 0.361. The fourth-order valence-corrected chi connectivity index (χ4v) is 1.30. The fraction of sp³-hybridized carbons (Fsp3) is 0.636. The van der Waals surface area contributed by atoms with Gasteiger partial charge in [-0.2, -0.15) is 0 Å². The van der Waals surface area contributed by atoms with Crippen molar-refractivity contribution in [2.75, 3.05) is 0 Å². The van der Waals surface area contributed by atoms with Crippen LogP contribution in [0.4, 0.5) is 0 Å². The Hall–Kier alpha value is -0.520. The number of allylic oxidation sites excluding steroid dienone is 4. The van der Waals surface area contributed by atoms with Crippen LogP contribution in [0.2, 0.25) is 0 Å². The van der Waals surface area contributed by atoms with Gasteiger partial charge in [-0.25, -0.2) is 0 Å². The molecule has 0 saturated carbocycles. The van der Waals surface area contributed by atoms with Crippen LogP contribution < -0.4 is 0 Å². The van der Waals surface area contributed by atoms with Gasteiger partial charge in [-0.15, -0.1) is 0 Å². The van der Waals surface area contributed by atoms with Crippen LogP contribution in [0.1, 0.15) is 34.1 Å². The van der Waals surface area contributed by atoms with Gasteiger partial charge < -0.3 is 0 Å². The molecule has 1 rings (SSSR count). The Kier molecular flexibility index (Phi) is 2.22. The van der Waals surface area contributed by atoms with E-state index in [4.69, 9.17) is 0 Å². The van der Waals surface area contributed by atoms with Crippen LogP contribution in [0.15, 0.2) is 23.8 Å². The average molecular weight is 150 g/mol. The van der Waals surface area contributed by atoms with Gasteiger partial charge in [0.15, 0.2) is 0 Å². The first-order valence-corrected chi connectivity index (χ1v) is 4.46. The smallest absolute Gasteiger partial charge is 0.0111 e. The number of rotatable bonds is 1. The van der Waals surface area contributed by atoms with Crippen molar-refractivity contribution in [1.29, 1.82) is 0 Å². The lowest BCUT2D eigenvalue weighted by atomic mass is 9.75. The summed E-state index contributed by atoms with van der Waals surface area (Å²) in [5.41, 5.74) is 1.84. The van der Waals surface area contributed by atoms with Crippen LogP contribution in [0.3, 0.4) is 0 Å². The summed E-state index contributed by atoms with van der Waals surface area (Å²) in [5.74, 6) is 0.683. The molecule has 62 valence electrons. The van der Waals surface area contributed by atoms with E-state index >= 15 is 0 Å². The van der Waals surface area contributed by atoms with E-state index in [-0.39, 0.29) is 0 Å². The first-order chi connectivity index (χ1) is 5.06. The summed E-state index contributed by atoms with van der Waals surface area (Å²) in [6, 6.07) is 0. The minimum atomic E-state index is 0.360. The molecule has 0 aliphatic heterocycles. The standard InChI is InChI=1S/C11H18/c1-5-10-6-7-11(3,4)9(2)8-10/h6-9H,5H2,1-4H3. The third-order valence-corrected chi connectivity index (χ3v) is 2.77. The van der Waals surface area contributed by atoms with Crippen molar-refractivity contribution in [3.63, 3.8) is 0 Å². The molecule has 0 nitrogen and oxygen atoms in total. The van der Waals surface area contributed by atoms with Crippen molar-refractivity contribution >= 4 is 0 Å². The van der Waals surface area contributed by atoms with E-state index in [0.717, 1.165) is 6.42 Å². The summed E-state index contributed by atoms with van der Waals surface area (Å²) in [6.45, 7) is 9.08. The average Bonchev–Trinajstić information content (AvgIpc) is 1.95. The Bertz CT molecular complexity index is 194. The van der Waals surface area contributed by atoms with Crippen LogP contribution in [0, 0.1) is 11.3 Å². The summed E-state index contributed by atoms with van der Waals surface area (Å²) in [5, 5.41) is 0. The molecule has 0 N–H and O–H groups in total. The molecule has 0 aromatic rings. The van der Waals surface area contributed by atoms with Gasteiger partial charge in [0.05, 0.1) is 0 Å². The lowest BCUT2D eigenvalue weighted by Gasteiger charge is -2.30. The van der Waals surface area contributed by atoms with Crippen LogP contribution in [0.25, 0.3) is 0 Å². The van der Waals surface area contributed by atoms with Crippen LogP contribution >= 0.6 is 0 Å². The van der Waals surface area contributed by atoms with Gasteiger partial charge in [-0.05, 0) is 17.8 Å². The molecule has 0 fully saturated rings. The van der Waals surface area contributed by atoms with E-state index in [2.05, 4.69) is 45.9 Å². The highest BCUT2D eigenvalue weighted by molar-refractivity contribution is 5.26. The maximum atomic E-state index is 2.39. The third-order valence-electron chi connectivity index (χ3n) is 2.77. The predicted octanol–water partition coefficient (Wildman–Crippen LogP) is 3.55. The molecule has 0 amide bonds. The van der Waals surface area contributed by atoms with Crippen LogP contribution in [-0.2, 0) is 0 Å². The maximum Gasteiger partial charge on any atom is -0.0111 e. The highest BCUT2D eigenvalue weighted by Gasteiger charge is 2.23. The molecule has 1 aliphatic rings. The van der Waals surface area contributed by atoms with Gasteiger partial charge >= 0.3 is 0 Å². The molecule has 0 aromatic carbocycles. The monoisotopic (exact) mass is 150 g/mol. The lowest BCUT2D eigenvalue weighted by Crippen LogP contribution is -2.19. The Morgan fingerprint density at radius 2 is 2.09 bits per heavy atom. The molecular formula is C11H18. The van der Waals surface area contributed by atoms with Crippen molar-refractivity contribution in [1.82, 2.24) is 0 Å². The van der Waals surface area contributed by atoms with Gasteiger partial charge in [0.25, 0.3) is 0 Å². The van der Waals surface area contributed by atoms with E-state index in [9.17, 15) is 0 Å². The maximum absolute atomic E-state index is 2.39. The topological polar surface area (TPSA) is 0 Å². The van der Waals surface area contributed by atoms with Crippen molar-refractivity contribution in [3.05, 3.63) is 23.8 Å². The van der Waals surface area contributed by atoms with Crippen molar-refractivity contribution in [3.8, 4) is 0 Å². The molecular weight excluding hydrogens is 132 g/mol. The molecule has 1 atom stereocenters. The fourth-order valence-electron chi connectivity index (χ4n) is 1.30. The zero-order valence-electron chi connectivity index (χ0n) is 8.02. The Morgan fingerprint density at radius 1 is 1.45 bits per heavy atom. The van der Waals surface area contributed by atoms with E-state index in [0.29, 0.717) is 11.3 Å². The largest absolute Gasteiger partial charge is 0.0780 e. The third kappa shape index (κ3) is 1.74. The minimum absolute atomic E-state index is 0.360. The number of hydrogen-bond donors (Lipinski definition) is 0. The minimum Gasteiger partial charge on any atom is -0.0780 e. The summed E-state index contributed by atoms with van der Waals surface area (Å²) in [4.78, 5) is 0. The molecule has 1 aliphatic carbocycles. The van der Waals surface area contributed by atoms with Gasteiger partial charge in [0.2, 0.25) is 0 Å². The second kappa shape index (κ2) is 2.84. The Labute approximate surface area is 70.0 Å². The summed E-state index contributed by atoms with van der Waals surface area (Å²) < 4.78 is 0. The van der Waals surface area contributed by atoms with E-state index in [1.807, 2.05) is 0 Å². The van der Waals surface area contributed by atoms with E-state index in [1.54, 1.807) is 0 Å². The van der Waals surface area contributed by atoms with Crippen molar-refractivity contribution < 1.29 is 0 Å². The highest BCUT2D eigenvalue weighted by atomic mass is 14.3. The first kappa shape index (κ1) is 8.58. The van der Waals surface area contributed by atoms with Gasteiger partial charge in [0, 0.05) is 0 Å². The molecule has 0 radical (unpaired) electrons. The molecule has 1 unspecified atom stereocenters. The van der Waals surface area contributed by atoms with E-state index in [1.165, 1.54) is 5.57 Å². The molecule has 11 heavy (non-hydrogen) atoms. The number of hydrogen-bond acceptors (Lipinski definition) is 0. The first-order valence-electron chi connectivity index (χ1n) is 4.46. The zero-order chi connectivity index (χ0) is 8.48. The second-order valence-corrected chi connectivity index (χ2v) is 4.04. The summed E-state index contributed by atoms with van der Waals surface area (Å²) in [7, 11) is 0. The van der Waals surface area contributed by atoms with Gasteiger partial charge in [0.1, 0.15) is 0 Å². The van der Waals surface area contributed by atoms with E-state index < -0.39 is 0 Å². The van der Waals surface area contributed by atoms with Gasteiger partial charge in [-0.1, -0.05) is 51.5 Å². The van der Waals surface area contributed by atoms with Crippen LogP contribution in [-0.4, -0.2) is 0 Å². The second-order valence-electron chi connectivity index (χ2n) is 4.04. The molecule has 0 heterocycles. The van der Waals surface area contributed by atoms with Crippen molar-refractivity contribution in [2.45, 2.75) is 34.1 Å². The molecule has 0 spiro atoms. The quantitative estimate of drug-likeness (QED) is 0.536. The Morgan fingerprint density at radius 3 is 2.55 bits per heavy atom.